The Bertz CT molecular complexity index is 706. The summed E-state index contributed by atoms with van der Waals surface area (Å²) in [5.41, 5.74) is 1.45. The van der Waals surface area contributed by atoms with Crippen molar-refractivity contribution in [3.63, 3.8) is 0 Å². The van der Waals surface area contributed by atoms with Gasteiger partial charge in [-0.3, -0.25) is 4.98 Å². The van der Waals surface area contributed by atoms with Crippen molar-refractivity contribution in [2.24, 2.45) is 23.7 Å². The first-order chi connectivity index (χ1) is 10.3. The van der Waals surface area contributed by atoms with Gasteiger partial charge in [0.25, 0.3) is 0 Å². The molecular formula is C19H21NO. The van der Waals surface area contributed by atoms with Crippen LogP contribution >= 0.6 is 0 Å². The Morgan fingerprint density at radius 2 is 1.95 bits per heavy atom. The second-order valence-electron chi connectivity index (χ2n) is 7.37. The van der Waals surface area contributed by atoms with E-state index in [0.717, 1.165) is 40.6 Å². The van der Waals surface area contributed by atoms with E-state index in [0.29, 0.717) is 5.92 Å². The van der Waals surface area contributed by atoms with Gasteiger partial charge in [0, 0.05) is 17.1 Å². The lowest BCUT2D eigenvalue weighted by Gasteiger charge is -2.39. The summed E-state index contributed by atoms with van der Waals surface area (Å²) in [6.45, 7) is 0. The van der Waals surface area contributed by atoms with Gasteiger partial charge in [-0.2, -0.15) is 0 Å². The largest absolute Gasteiger partial charge is 0.385 e. The Morgan fingerprint density at radius 1 is 1.10 bits per heavy atom. The Kier molecular flexibility index (Phi) is 2.36. The number of aliphatic hydroxyl groups is 1. The SMILES string of the molecule is OC1(c2cccc3cccnc23)CC2CC1C1CCCC21. The molecule has 0 saturated heterocycles. The number of aromatic nitrogens is 1. The molecule has 3 aliphatic rings. The maximum absolute atomic E-state index is 11.6. The summed E-state index contributed by atoms with van der Waals surface area (Å²) in [4.78, 5) is 4.58. The van der Waals surface area contributed by atoms with Crippen LogP contribution < -0.4 is 0 Å². The Balaban J connectivity index is 1.66. The molecule has 3 saturated carbocycles. The summed E-state index contributed by atoms with van der Waals surface area (Å²) >= 11 is 0. The molecule has 0 amide bonds. The number of nitrogens with zero attached hydrogens (tertiary/aromatic N) is 1. The standard InChI is InChI=1S/C19H21NO/c21-19(11-13-10-17(19)15-7-2-6-14(13)15)16-8-1-4-12-5-3-9-20-18(12)16/h1,3-5,8-9,13-15,17,21H,2,6-7,10-11H2. The predicted octanol–water partition coefficient (Wildman–Crippen LogP) is 3.88. The van der Waals surface area contributed by atoms with Crippen LogP contribution in [0.1, 0.15) is 37.7 Å². The fourth-order valence-electron chi connectivity index (χ4n) is 5.88. The lowest BCUT2D eigenvalue weighted by molar-refractivity contribution is -0.0501. The minimum atomic E-state index is -0.635. The van der Waals surface area contributed by atoms with Gasteiger partial charge in [-0.05, 0) is 55.4 Å². The van der Waals surface area contributed by atoms with E-state index >= 15 is 0 Å². The van der Waals surface area contributed by atoms with Gasteiger partial charge in [-0.15, -0.1) is 0 Å². The van der Waals surface area contributed by atoms with Gasteiger partial charge in [0.2, 0.25) is 0 Å². The molecule has 0 aliphatic heterocycles. The summed E-state index contributed by atoms with van der Waals surface area (Å²) in [5.74, 6) is 2.86. The summed E-state index contributed by atoms with van der Waals surface area (Å²) < 4.78 is 0. The predicted molar refractivity (Wildman–Crippen MR) is 82.7 cm³/mol. The number of benzene rings is 1. The molecule has 0 radical (unpaired) electrons. The van der Waals surface area contributed by atoms with E-state index in [2.05, 4.69) is 29.2 Å². The van der Waals surface area contributed by atoms with Gasteiger partial charge in [0.1, 0.15) is 0 Å². The minimum absolute atomic E-state index is 0.461. The zero-order valence-corrected chi connectivity index (χ0v) is 12.2. The lowest BCUT2D eigenvalue weighted by atomic mass is 9.69. The molecule has 5 atom stereocenters. The maximum Gasteiger partial charge on any atom is 0.0951 e. The Morgan fingerprint density at radius 3 is 2.90 bits per heavy atom. The van der Waals surface area contributed by atoms with Crippen LogP contribution in [0, 0.1) is 23.7 Å². The zero-order chi connectivity index (χ0) is 14.0. The fraction of sp³-hybridized carbons (Fsp3) is 0.526. The maximum atomic E-state index is 11.6. The molecule has 1 N–H and O–H groups in total. The summed E-state index contributed by atoms with van der Waals surface area (Å²) in [6, 6.07) is 10.4. The van der Waals surface area contributed by atoms with Crippen molar-refractivity contribution in [2.45, 2.75) is 37.7 Å². The molecule has 0 spiro atoms. The molecule has 21 heavy (non-hydrogen) atoms. The topological polar surface area (TPSA) is 33.1 Å². The minimum Gasteiger partial charge on any atom is -0.385 e. The van der Waals surface area contributed by atoms with Crippen molar-refractivity contribution < 1.29 is 5.11 Å². The lowest BCUT2D eigenvalue weighted by Crippen LogP contribution is -2.39. The molecule has 2 bridgehead atoms. The monoisotopic (exact) mass is 279 g/mol. The number of para-hydroxylation sites is 1. The molecule has 1 aromatic heterocycles. The van der Waals surface area contributed by atoms with Crippen molar-refractivity contribution >= 4 is 10.9 Å². The number of rotatable bonds is 1. The molecule has 2 nitrogen and oxygen atoms in total. The van der Waals surface area contributed by atoms with E-state index < -0.39 is 5.60 Å². The fourth-order valence-corrected chi connectivity index (χ4v) is 5.88. The average molecular weight is 279 g/mol. The van der Waals surface area contributed by atoms with Crippen molar-refractivity contribution in [2.75, 3.05) is 0 Å². The molecule has 5 unspecified atom stereocenters. The van der Waals surface area contributed by atoms with E-state index in [1.807, 2.05) is 12.3 Å². The molecule has 5 rings (SSSR count). The smallest absolute Gasteiger partial charge is 0.0951 e. The third-order valence-electron chi connectivity index (χ3n) is 6.59. The third kappa shape index (κ3) is 1.49. The van der Waals surface area contributed by atoms with Crippen molar-refractivity contribution in [3.8, 4) is 0 Å². The summed E-state index contributed by atoms with van der Waals surface area (Å²) in [6.07, 6.45) is 8.12. The van der Waals surface area contributed by atoms with Crippen molar-refractivity contribution in [3.05, 3.63) is 42.1 Å². The highest BCUT2D eigenvalue weighted by molar-refractivity contribution is 5.82. The summed E-state index contributed by atoms with van der Waals surface area (Å²) in [5, 5.41) is 12.7. The van der Waals surface area contributed by atoms with Crippen molar-refractivity contribution in [1.82, 2.24) is 4.98 Å². The van der Waals surface area contributed by atoms with Gasteiger partial charge in [0.15, 0.2) is 0 Å². The molecule has 2 heteroatoms. The number of fused-ring (bicyclic) bond motifs is 6. The molecular weight excluding hydrogens is 258 g/mol. The first-order valence-corrected chi connectivity index (χ1v) is 8.34. The van der Waals surface area contributed by atoms with Crippen LogP contribution in [-0.4, -0.2) is 10.1 Å². The highest BCUT2D eigenvalue weighted by Gasteiger charge is 2.61. The average Bonchev–Trinajstić information content (AvgIpc) is 3.18. The number of hydrogen-bond acceptors (Lipinski definition) is 2. The highest BCUT2D eigenvalue weighted by Crippen LogP contribution is 2.65. The summed E-state index contributed by atoms with van der Waals surface area (Å²) in [7, 11) is 0. The van der Waals surface area contributed by atoms with Gasteiger partial charge in [0.05, 0.1) is 11.1 Å². The molecule has 2 aromatic rings. The van der Waals surface area contributed by atoms with Crippen LogP contribution in [0.2, 0.25) is 0 Å². The van der Waals surface area contributed by atoms with Gasteiger partial charge in [-0.25, -0.2) is 0 Å². The van der Waals surface area contributed by atoms with Gasteiger partial charge >= 0.3 is 0 Å². The highest BCUT2D eigenvalue weighted by atomic mass is 16.3. The second-order valence-corrected chi connectivity index (χ2v) is 7.37. The van der Waals surface area contributed by atoms with Crippen LogP contribution in [0.4, 0.5) is 0 Å². The van der Waals surface area contributed by atoms with E-state index in [1.54, 1.807) is 0 Å². The molecule has 3 aliphatic carbocycles. The number of hydrogen-bond donors (Lipinski definition) is 1. The second kappa shape index (κ2) is 4.07. The molecule has 108 valence electrons. The van der Waals surface area contributed by atoms with Crippen LogP contribution in [0.3, 0.4) is 0 Å². The Hall–Kier alpha value is -1.41. The van der Waals surface area contributed by atoms with Crippen LogP contribution in [0.5, 0.6) is 0 Å². The van der Waals surface area contributed by atoms with Gasteiger partial charge in [-0.1, -0.05) is 30.7 Å². The van der Waals surface area contributed by atoms with Crippen molar-refractivity contribution in [1.29, 1.82) is 0 Å². The quantitative estimate of drug-likeness (QED) is 0.859. The zero-order valence-electron chi connectivity index (χ0n) is 12.2. The van der Waals surface area contributed by atoms with E-state index in [-0.39, 0.29) is 0 Å². The van der Waals surface area contributed by atoms with E-state index in [1.165, 1.54) is 25.7 Å². The van der Waals surface area contributed by atoms with E-state index in [9.17, 15) is 5.11 Å². The van der Waals surface area contributed by atoms with Crippen LogP contribution in [0.25, 0.3) is 10.9 Å². The number of pyridine rings is 1. The van der Waals surface area contributed by atoms with Crippen LogP contribution in [0.15, 0.2) is 36.5 Å². The van der Waals surface area contributed by atoms with Gasteiger partial charge < -0.3 is 5.11 Å². The molecule has 1 heterocycles. The first-order valence-electron chi connectivity index (χ1n) is 8.34. The molecule has 1 aromatic carbocycles. The Labute approximate surface area is 125 Å². The normalized spacial score (nSPS) is 40.8. The first kappa shape index (κ1) is 12.2. The van der Waals surface area contributed by atoms with Crippen LogP contribution in [-0.2, 0) is 5.60 Å². The van der Waals surface area contributed by atoms with E-state index in [4.69, 9.17) is 0 Å². The third-order valence-corrected chi connectivity index (χ3v) is 6.59. The molecule has 3 fully saturated rings.